The van der Waals surface area contributed by atoms with Crippen molar-refractivity contribution in [2.45, 2.75) is 32.0 Å². The second-order valence-corrected chi connectivity index (χ2v) is 7.27. The minimum absolute atomic E-state index is 0.110. The molecule has 1 aliphatic rings. The minimum atomic E-state index is -4.40. The van der Waals surface area contributed by atoms with Gasteiger partial charge in [0.25, 0.3) is 0 Å². The molecule has 1 saturated heterocycles. The first-order valence-corrected chi connectivity index (χ1v) is 9.36. The summed E-state index contributed by atoms with van der Waals surface area (Å²) in [5.41, 5.74) is 0.541. The quantitative estimate of drug-likeness (QED) is 0.802. The summed E-state index contributed by atoms with van der Waals surface area (Å²) in [6.45, 7) is 2.61. The molecular formula is C21H22F3N3O2. The number of hydrogen-bond acceptors (Lipinski definition) is 3. The van der Waals surface area contributed by atoms with Crippen molar-refractivity contribution in [1.29, 1.82) is 0 Å². The number of alkyl halides is 3. The molecule has 0 saturated carbocycles. The predicted molar refractivity (Wildman–Crippen MR) is 101 cm³/mol. The number of rotatable bonds is 6. The number of amides is 2. The maximum absolute atomic E-state index is 12.9. The normalized spacial score (nSPS) is 18.0. The Morgan fingerprint density at radius 1 is 1.28 bits per heavy atom. The molecule has 29 heavy (non-hydrogen) atoms. The van der Waals surface area contributed by atoms with Gasteiger partial charge < -0.3 is 10.2 Å². The Hall–Kier alpha value is -2.90. The third-order valence-corrected chi connectivity index (χ3v) is 5.03. The van der Waals surface area contributed by atoms with Gasteiger partial charge in [-0.25, -0.2) is 0 Å². The van der Waals surface area contributed by atoms with Crippen molar-refractivity contribution >= 4 is 11.8 Å². The first kappa shape index (κ1) is 20.8. The zero-order valence-corrected chi connectivity index (χ0v) is 15.9. The van der Waals surface area contributed by atoms with Crippen molar-refractivity contribution in [3.05, 3.63) is 65.5 Å². The summed E-state index contributed by atoms with van der Waals surface area (Å²) in [5, 5.41) is 2.77. The number of benzene rings is 1. The molecule has 2 heterocycles. The SMILES string of the molecule is CC(CNC(=O)C1CC(=O)N(Cc2ccccn2)C1)c1cccc(C(F)(F)F)c1. The molecule has 3 rings (SSSR count). The van der Waals surface area contributed by atoms with E-state index >= 15 is 0 Å². The third-order valence-electron chi connectivity index (χ3n) is 5.03. The van der Waals surface area contributed by atoms with Crippen molar-refractivity contribution in [2.24, 2.45) is 5.92 Å². The van der Waals surface area contributed by atoms with Crippen LogP contribution in [-0.4, -0.2) is 34.8 Å². The number of nitrogens with one attached hydrogen (secondary N) is 1. The summed E-state index contributed by atoms with van der Waals surface area (Å²) in [7, 11) is 0. The van der Waals surface area contributed by atoms with Crippen LogP contribution in [0.4, 0.5) is 13.2 Å². The highest BCUT2D eigenvalue weighted by Crippen LogP contribution is 2.31. The Morgan fingerprint density at radius 2 is 2.07 bits per heavy atom. The number of likely N-dealkylation sites (tertiary alicyclic amines) is 1. The second-order valence-electron chi connectivity index (χ2n) is 7.27. The van der Waals surface area contributed by atoms with Crippen LogP contribution in [0.5, 0.6) is 0 Å². The highest BCUT2D eigenvalue weighted by atomic mass is 19.4. The van der Waals surface area contributed by atoms with E-state index in [9.17, 15) is 22.8 Å². The lowest BCUT2D eigenvalue weighted by Gasteiger charge is -2.18. The molecule has 1 aliphatic heterocycles. The van der Waals surface area contributed by atoms with Crippen molar-refractivity contribution in [3.63, 3.8) is 0 Å². The first-order valence-electron chi connectivity index (χ1n) is 9.36. The average Bonchev–Trinajstić information content (AvgIpc) is 3.06. The van der Waals surface area contributed by atoms with Crippen LogP contribution in [0.25, 0.3) is 0 Å². The number of pyridine rings is 1. The number of halogens is 3. The highest BCUT2D eigenvalue weighted by Gasteiger charge is 2.34. The molecule has 2 atom stereocenters. The maximum Gasteiger partial charge on any atom is 0.416 e. The lowest BCUT2D eigenvalue weighted by atomic mass is 9.98. The Kier molecular flexibility index (Phi) is 6.20. The molecule has 5 nitrogen and oxygen atoms in total. The van der Waals surface area contributed by atoms with Gasteiger partial charge in [-0.05, 0) is 29.7 Å². The first-order chi connectivity index (χ1) is 13.7. The Labute approximate surface area is 166 Å². The molecule has 2 aromatic rings. The van der Waals surface area contributed by atoms with Crippen molar-refractivity contribution < 1.29 is 22.8 Å². The summed E-state index contributed by atoms with van der Waals surface area (Å²) in [5.74, 6) is -1.13. The Bertz CT molecular complexity index is 871. The van der Waals surface area contributed by atoms with Gasteiger partial charge in [0.15, 0.2) is 0 Å². The van der Waals surface area contributed by atoms with Crippen molar-refractivity contribution in [3.8, 4) is 0 Å². The van der Waals surface area contributed by atoms with Gasteiger partial charge in [0.05, 0.1) is 23.7 Å². The van der Waals surface area contributed by atoms with E-state index in [0.717, 1.165) is 17.8 Å². The van der Waals surface area contributed by atoms with Gasteiger partial charge in [-0.1, -0.05) is 31.2 Å². The van der Waals surface area contributed by atoms with Gasteiger partial charge in [-0.2, -0.15) is 13.2 Å². The predicted octanol–water partition coefficient (Wildman–Crippen LogP) is 3.37. The van der Waals surface area contributed by atoms with Crippen LogP contribution in [-0.2, 0) is 22.3 Å². The van der Waals surface area contributed by atoms with Crippen LogP contribution in [0.1, 0.15) is 36.1 Å². The van der Waals surface area contributed by atoms with E-state index in [4.69, 9.17) is 0 Å². The molecule has 154 valence electrons. The number of nitrogens with zero attached hydrogens (tertiary/aromatic N) is 2. The fourth-order valence-corrected chi connectivity index (χ4v) is 3.33. The van der Waals surface area contributed by atoms with Crippen LogP contribution in [0.2, 0.25) is 0 Å². The van der Waals surface area contributed by atoms with E-state index in [1.54, 1.807) is 30.2 Å². The Morgan fingerprint density at radius 3 is 2.76 bits per heavy atom. The van der Waals surface area contributed by atoms with Gasteiger partial charge >= 0.3 is 6.18 Å². The summed E-state index contributed by atoms with van der Waals surface area (Å²) in [4.78, 5) is 30.5. The van der Waals surface area contributed by atoms with Gasteiger partial charge in [0.2, 0.25) is 11.8 Å². The van der Waals surface area contributed by atoms with E-state index in [1.807, 2.05) is 12.1 Å². The van der Waals surface area contributed by atoms with E-state index in [0.29, 0.717) is 18.7 Å². The summed E-state index contributed by atoms with van der Waals surface area (Å²) in [6, 6.07) is 10.5. The maximum atomic E-state index is 12.9. The molecule has 0 aliphatic carbocycles. The summed E-state index contributed by atoms with van der Waals surface area (Å²) >= 11 is 0. The van der Waals surface area contributed by atoms with Crippen LogP contribution >= 0.6 is 0 Å². The molecular weight excluding hydrogens is 383 g/mol. The van der Waals surface area contributed by atoms with Crippen molar-refractivity contribution in [2.75, 3.05) is 13.1 Å². The number of aromatic nitrogens is 1. The largest absolute Gasteiger partial charge is 0.416 e. The van der Waals surface area contributed by atoms with Crippen LogP contribution in [0, 0.1) is 5.92 Å². The fraction of sp³-hybridized carbons (Fsp3) is 0.381. The van der Waals surface area contributed by atoms with Gasteiger partial charge in [-0.3, -0.25) is 14.6 Å². The van der Waals surface area contributed by atoms with E-state index in [-0.39, 0.29) is 30.7 Å². The Balaban J connectivity index is 1.54. The van der Waals surface area contributed by atoms with Crippen LogP contribution in [0.3, 0.4) is 0 Å². The smallest absolute Gasteiger partial charge is 0.355 e. The lowest BCUT2D eigenvalue weighted by Crippen LogP contribution is -2.35. The topological polar surface area (TPSA) is 62.3 Å². The van der Waals surface area contributed by atoms with Gasteiger partial charge in [0.1, 0.15) is 0 Å². The zero-order valence-electron chi connectivity index (χ0n) is 15.9. The lowest BCUT2D eigenvalue weighted by molar-refractivity contribution is -0.137. The highest BCUT2D eigenvalue weighted by molar-refractivity contribution is 5.89. The van der Waals surface area contributed by atoms with Crippen LogP contribution in [0.15, 0.2) is 48.7 Å². The third kappa shape index (κ3) is 5.34. The molecule has 0 bridgehead atoms. The molecule has 1 aromatic carbocycles. The van der Waals surface area contributed by atoms with E-state index in [2.05, 4.69) is 10.3 Å². The second kappa shape index (κ2) is 8.63. The number of hydrogen-bond donors (Lipinski definition) is 1. The number of carbonyl (C=O) groups is 2. The molecule has 1 aromatic heterocycles. The number of carbonyl (C=O) groups excluding carboxylic acids is 2. The summed E-state index contributed by atoms with van der Waals surface area (Å²) < 4.78 is 38.6. The fourth-order valence-electron chi connectivity index (χ4n) is 3.33. The molecule has 0 spiro atoms. The van der Waals surface area contributed by atoms with E-state index in [1.165, 1.54) is 6.07 Å². The molecule has 1 fully saturated rings. The monoisotopic (exact) mass is 405 g/mol. The molecule has 2 unspecified atom stereocenters. The van der Waals surface area contributed by atoms with Crippen molar-refractivity contribution in [1.82, 2.24) is 15.2 Å². The molecule has 8 heteroatoms. The average molecular weight is 405 g/mol. The molecule has 0 radical (unpaired) electrons. The molecule has 1 N–H and O–H groups in total. The molecule has 2 amide bonds. The van der Waals surface area contributed by atoms with E-state index < -0.39 is 17.7 Å². The standard InChI is InChI=1S/C21H22F3N3O2/c1-14(15-5-4-6-17(9-15)21(22,23)24)11-26-20(29)16-10-19(28)27(12-16)13-18-7-2-3-8-25-18/h2-9,14,16H,10-13H2,1H3,(H,26,29). The zero-order chi connectivity index (χ0) is 21.0. The van der Waals surface area contributed by atoms with Gasteiger partial charge in [-0.15, -0.1) is 0 Å². The summed E-state index contributed by atoms with van der Waals surface area (Å²) in [6.07, 6.45) is -2.63. The van der Waals surface area contributed by atoms with Crippen LogP contribution < -0.4 is 5.32 Å². The minimum Gasteiger partial charge on any atom is -0.355 e. The van der Waals surface area contributed by atoms with Gasteiger partial charge in [0, 0.05) is 25.7 Å².